The SMILES string of the molecule is N#Cc1cc2c(nc1N1CC3CNCC3C1)CCCC2. The van der Waals surface area contributed by atoms with Gasteiger partial charge >= 0.3 is 0 Å². The van der Waals surface area contributed by atoms with Gasteiger partial charge in [0.15, 0.2) is 0 Å². The second-order valence-electron chi connectivity index (χ2n) is 6.37. The van der Waals surface area contributed by atoms with Crippen LogP contribution in [-0.2, 0) is 12.8 Å². The van der Waals surface area contributed by atoms with E-state index in [9.17, 15) is 5.26 Å². The highest BCUT2D eigenvalue weighted by atomic mass is 15.2. The molecule has 4 nitrogen and oxygen atoms in total. The Hall–Kier alpha value is -1.60. The molecule has 0 radical (unpaired) electrons. The molecule has 1 N–H and O–H groups in total. The van der Waals surface area contributed by atoms with E-state index in [4.69, 9.17) is 4.98 Å². The zero-order chi connectivity index (χ0) is 13.5. The van der Waals surface area contributed by atoms with Crippen LogP contribution in [0, 0.1) is 23.2 Å². The summed E-state index contributed by atoms with van der Waals surface area (Å²) in [5.74, 6) is 2.42. The lowest BCUT2D eigenvalue weighted by Crippen LogP contribution is -2.27. The monoisotopic (exact) mass is 268 g/mol. The summed E-state index contributed by atoms with van der Waals surface area (Å²) >= 11 is 0. The summed E-state index contributed by atoms with van der Waals surface area (Å²) in [7, 11) is 0. The molecule has 1 aromatic heterocycles. The molecule has 2 atom stereocenters. The number of fused-ring (bicyclic) bond motifs is 2. The molecule has 0 amide bonds. The molecule has 3 heterocycles. The molecular formula is C16H20N4. The lowest BCUT2D eigenvalue weighted by atomic mass is 9.95. The minimum atomic E-state index is 0.736. The number of nitrogens with zero attached hydrogens (tertiary/aromatic N) is 3. The van der Waals surface area contributed by atoms with Crippen molar-refractivity contribution in [3.05, 3.63) is 22.9 Å². The van der Waals surface area contributed by atoms with E-state index in [-0.39, 0.29) is 0 Å². The summed E-state index contributed by atoms with van der Waals surface area (Å²) in [4.78, 5) is 7.23. The summed E-state index contributed by atoms with van der Waals surface area (Å²) in [6.07, 6.45) is 4.64. The number of nitrogens with one attached hydrogen (secondary N) is 1. The van der Waals surface area contributed by atoms with Crippen LogP contribution in [0.15, 0.2) is 6.07 Å². The first-order valence-electron chi connectivity index (χ1n) is 7.73. The third-order valence-corrected chi connectivity index (χ3v) is 5.09. The zero-order valence-corrected chi connectivity index (χ0v) is 11.7. The van der Waals surface area contributed by atoms with Gasteiger partial charge in [-0.2, -0.15) is 5.26 Å². The minimum absolute atomic E-state index is 0.736. The van der Waals surface area contributed by atoms with Gasteiger partial charge in [0, 0.05) is 31.9 Å². The van der Waals surface area contributed by atoms with Crippen LogP contribution in [0.3, 0.4) is 0 Å². The molecule has 0 aromatic carbocycles. The number of aromatic nitrogens is 1. The molecule has 2 unspecified atom stereocenters. The Labute approximate surface area is 119 Å². The van der Waals surface area contributed by atoms with Gasteiger partial charge in [-0.25, -0.2) is 4.98 Å². The maximum absolute atomic E-state index is 9.45. The Morgan fingerprint density at radius 2 is 1.95 bits per heavy atom. The van der Waals surface area contributed by atoms with E-state index in [1.54, 1.807) is 0 Å². The van der Waals surface area contributed by atoms with Crippen molar-refractivity contribution >= 4 is 5.82 Å². The number of aryl methyl sites for hydroxylation is 2. The Bertz CT molecular complexity index is 563. The van der Waals surface area contributed by atoms with Gasteiger partial charge in [-0.15, -0.1) is 0 Å². The molecular weight excluding hydrogens is 248 g/mol. The van der Waals surface area contributed by atoms with Crippen molar-refractivity contribution in [3.63, 3.8) is 0 Å². The van der Waals surface area contributed by atoms with Crippen LogP contribution in [0.4, 0.5) is 5.82 Å². The van der Waals surface area contributed by atoms with Crippen molar-refractivity contribution in [3.8, 4) is 6.07 Å². The first-order chi connectivity index (χ1) is 9.85. The van der Waals surface area contributed by atoms with Gasteiger partial charge in [0.25, 0.3) is 0 Å². The number of anilines is 1. The summed E-state index contributed by atoms with van der Waals surface area (Å²) < 4.78 is 0. The fraction of sp³-hybridized carbons (Fsp3) is 0.625. The molecule has 104 valence electrons. The summed E-state index contributed by atoms with van der Waals surface area (Å²) in [5, 5.41) is 12.9. The quantitative estimate of drug-likeness (QED) is 0.838. The molecule has 2 fully saturated rings. The first-order valence-corrected chi connectivity index (χ1v) is 7.73. The van der Waals surface area contributed by atoms with Crippen LogP contribution < -0.4 is 10.2 Å². The van der Waals surface area contributed by atoms with Gasteiger partial charge in [-0.3, -0.25) is 0 Å². The summed E-state index contributed by atoms with van der Waals surface area (Å²) in [6, 6.07) is 4.47. The van der Waals surface area contributed by atoms with Crippen molar-refractivity contribution in [2.75, 3.05) is 31.1 Å². The molecule has 4 rings (SSSR count). The molecule has 3 aliphatic rings. The Morgan fingerprint density at radius 1 is 1.20 bits per heavy atom. The van der Waals surface area contributed by atoms with Crippen molar-refractivity contribution in [1.82, 2.24) is 10.3 Å². The molecule has 0 bridgehead atoms. The van der Waals surface area contributed by atoms with E-state index >= 15 is 0 Å². The van der Waals surface area contributed by atoms with E-state index in [0.717, 1.165) is 62.2 Å². The number of nitriles is 1. The predicted molar refractivity (Wildman–Crippen MR) is 77.7 cm³/mol. The molecule has 1 aromatic rings. The normalized spacial score (nSPS) is 28.1. The lowest BCUT2D eigenvalue weighted by molar-refractivity contribution is 0.533. The predicted octanol–water partition coefficient (Wildman–Crippen LogP) is 1.49. The van der Waals surface area contributed by atoms with E-state index in [2.05, 4.69) is 22.4 Å². The van der Waals surface area contributed by atoms with Crippen LogP contribution in [0.5, 0.6) is 0 Å². The topological polar surface area (TPSA) is 52.0 Å². The summed E-state index contributed by atoms with van der Waals surface area (Å²) in [5.41, 5.74) is 3.32. The molecule has 4 heteroatoms. The smallest absolute Gasteiger partial charge is 0.146 e. The summed E-state index contributed by atoms with van der Waals surface area (Å²) in [6.45, 7) is 4.35. The third kappa shape index (κ3) is 1.89. The Morgan fingerprint density at radius 3 is 2.70 bits per heavy atom. The van der Waals surface area contributed by atoms with E-state index in [0.29, 0.717) is 0 Å². The van der Waals surface area contributed by atoms with Crippen LogP contribution in [0.2, 0.25) is 0 Å². The first kappa shape index (κ1) is 12.2. The molecule has 2 aliphatic heterocycles. The highest BCUT2D eigenvalue weighted by molar-refractivity contribution is 5.57. The van der Waals surface area contributed by atoms with Crippen LogP contribution in [0.1, 0.15) is 29.7 Å². The zero-order valence-electron chi connectivity index (χ0n) is 11.7. The van der Waals surface area contributed by atoms with E-state index < -0.39 is 0 Å². The van der Waals surface area contributed by atoms with Crippen molar-refractivity contribution < 1.29 is 0 Å². The molecule has 0 saturated carbocycles. The molecule has 1 aliphatic carbocycles. The van der Waals surface area contributed by atoms with E-state index in [1.807, 2.05) is 0 Å². The van der Waals surface area contributed by atoms with E-state index in [1.165, 1.54) is 24.1 Å². The van der Waals surface area contributed by atoms with Crippen LogP contribution >= 0.6 is 0 Å². The molecule has 20 heavy (non-hydrogen) atoms. The number of pyridine rings is 1. The second-order valence-corrected chi connectivity index (χ2v) is 6.37. The maximum atomic E-state index is 9.45. The van der Waals surface area contributed by atoms with Crippen molar-refractivity contribution in [2.24, 2.45) is 11.8 Å². The average molecular weight is 268 g/mol. The number of rotatable bonds is 1. The highest BCUT2D eigenvalue weighted by Crippen LogP contribution is 2.33. The Balaban J connectivity index is 1.69. The average Bonchev–Trinajstić information content (AvgIpc) is 3.07. The van der Waals surface area contributed by atoms with Crippen LogP contribution in [0.25, 0.3) is 0 Å². The third-order valence-electron chi connectivity index (χ3n) is 5.09. The van der Waals surface area contributed by atoms with Gasteiger partial charge in [-0.1, -0.05) is 0 Å². The fourth-order valence-electron chi connectivity index (χ4n) is 3.97. The standard InChI is InChI=1S/C16H20N4/c17-6-12-5-11-3-1-2-4-15(11)19-16(12)20-9-13-7-18-8-14(13)10-20/h5,13-14,18H,1-4,7-10H2. The molecule has 0 spiro atoms. The van der Waals surface area contributed by atoms with Crippen molar-refractivity contribution in [2.45, 2.75) is 25.7 Å². The lowest BCUT2D eigenvalue weighted by Gasteiger charge is -2.23. The maximum Gasteiger partial charge on any atom is 0.146 e. The Kier molecular flexibility index (Phi) is 2.89. The van der Waals surface area contributed by atoms with Gasteiger partial charge in [0.1, 0.15) is 11.9 Å². The van der Waals surface area contributed by atoms with Crippen molar-refractivity contribution in [1.29, 1.82) is 5.26 Å². The largest absolute Gasteiger partial charge is 0.355 e. The highest BCUT2D eigenvalue weighted by Gasteiger charge is 2.37. The second kappa shape index (κ2) is 4.75. The van der Waals surface area contributed by atoms with Gasteiger partial charge < -0.3 is 10.2 Å². The minimum Gasteiger partial charge on any atom is -0.355 e. The molecule has 2 saturated heterocycles. The number of hydrogen-bond donors (Lipinski definition) is 1. The number of hydrogen-bond acceptors (Lipinski definition) is 4. The van der Waals surface area contributed by atoms with Gasteiger partial charge in [-0.05, 0) is 49.1 Å². The van der Waals surface area contributed by atoms with Gasteiger partial charge in [0.05, 0.1) is 5.56 Å². The van der Waals surface area contributed by atoms with Gasteiger partial charge in [0.2, 0.25) is 0 Å². The fourth-order valence-corrected chi connectivity index (χ4v) is 3.97. The van der Waals surface area contributed by atoms with Crippen LogP contribution in [-0.4, -0.2) is 31.2 Å².